The van der Waals surface area contributed by atoms with E-state index in [-0.39, 0.29) is 29.8 Å². The van der Waals surface area contributed by atoms with Crippen LogP contribution in [-0.2, 0) is 14.3 Å². The van der Waals surface area contributed by atoms with Gasteiger partial charge in [-0.05, 0) is 31.2 Å². The number of likely N-dealkylation sites (tertiary alicyclic amines) is 1. The van der Waals surface area contributed by atoms with Crippen molar-refractivity contribution in [3.8, 4) is 0 Å². The van der Waals surface area contributed by atoms with Crippen molar-refractivity contribution in [3.05, 3.63) is 35.9 Å². The molecule has 4 rings (SSSR count). The molecular formula is C18H21NO3. The first kappa shape index (κ1) is 13.8. The lowest BCUT2D eigenvalue weighted by Crippen LogP contribution is -2.40. The molecule has 4 unspecified atom stereocenters. The molecule has 2 aliphatic heterocycles. The van der Waals surface area contributed by atoms with Gasteiger partial charge in [-0.3, -0.25) is 9.59 Å². The number of carbonyl (C=O) groups is 2. The van der Waals surface area contributed by atoms with Crippen molar-refractivity contribution in [1.82, 2.24) is 4.90 Å². The second kappa shape index (κ2) is 5.41. The van der Waals surface area contributed by atoms with Crippen LogP contribution < -0.4 is 0 Å². The van der Waals surface area contributed by atoms with Crippen molar-refractivity contribution in [2.24, 2.45) is 11.8 Å². The summed E-state index contributed by atoms with van der Waals surface area (Å²) in [7, 11) is 0. The van der Waals surface area contributed by atoms with E-state index in [1.54, 1.807) is 0 Å². The van der Waals surface area contributed by atoms with Gasteiger partial charge in [-0.25, -0.2) is 0 Å². The Balaban J connectivity index is 1.45. The van der Waals surface area contributed by atoms with Gasteiger partial charge in [0.1, 0.15) is 6.10 Å². The number of benzene rings is 1. The quantitative estimate of drug-likeness (QED) is 0.788. The fourth-order valence-electron chi connectivity index (χ4n) is 4.24. The Labute approximate surface area is 130 Å². The minimum Gasteiger partial charge on any atom is -0.462 e. The molecule has 4 atom stereocenters. The van der Waals surface area contributed by atoms with Gasteiger partial charge in [-0.1, -0.05) is 30.3 Å². The molecule has 3 aliphatic rings. The largest absolute Gasteiger partial charge is 0.462 e. The predicted octanol–water partition coefficient (Wildman–Crippen LogP) is 2.34. The fraction of sp³-hybridized carbons (Fsp3) is 0.556. The molecule has 3 fully saturated rings. The Morgan fingerprint density at radius 1 is 1.14 bits per heavy atom. The molecule has 1 saturated carbocycles. The first-order valence-corrected chi connectivity index (χ1v) is 8.26. The van der Waals surface area contributed by atoms with Crippen molar-refractivity contribution in [1.29, 1.82) is 0 Å². The highest BCUT2D eigenvalue weighted by Crippen LogP contribution is 2.40. The molecule has 1 aromatic rings. The van der Waals surface area contributed by atoms with Crippen molar-refractivity contribution in [2.45, 2.75) is 37.7 Å². The van der Waals surface area contributed by atoms with E-state index in [0.29, 0.717) is 5.92 Å². The van der Waals surface area contributed by atoms with Crippen LogP contribution >= 0.6 is 0 Å². The van der Waals surface area contributed by atoms with E-state index < -0.39 is 0 Å². The smallest absolute Gasteiger partial charge is 0.310 e. The number of ether oxygens (including phenoxy) is 1. The number of carbonyl (C=O) groups excluding carboxylic acids is 2. The highest BCUT2D eigenvalue weighted by molar-refractivity contribution is 5.87. The minimum atomic E-state index is -0.193. The standard InChI is InChI=1S/C18H21NO3/c20-17(15-7-6-14-10-16(15)18(21)22-14)19-9-8-13(11-19)12-4-2-1-3-5-12/h1-5,13-16H,6-11H2. The van der Waals surface area contributed by atoms with Crippen LogP contribution in [0.25, 0.3) is 0 Å². The summed E-state index contributed by atoms with van der Waals surface area (Å²) in [6, 6.07) is 10.4. The van der Waals surface area contributed by atoms with E-state index in [1.807, 2.05) is 11.0 Å². The van der Waals surface area contributed by atoms with Crippen molar-refractivity contribution >= 4 is 11.9 Å². The average Bonchev–Trinajstić information content (AvgIpc) is 3.14. The summed E-state index contributed by atoms with van der Waals surface area (Å²) in [6.45, 7) is 1.59. The summed E-state index contributed by atoms with van der Waals surface area (Å²) >= 11 is 0. The normalized spacial score (nSPS) is 33.8. The molecule has 116 valence electrons. The molecule has 0 radical (unpaired) electrons. The van der Waals surface area contributed by atoms with Crippen LogP contribution in [0.1, 0.15) is 37.2 Å². The Bertz CT molecular complexity index is 585. The molecule has 0 spiro atoms. The highest BCUT2D eigenvalue weighted by atomic mass is 16.6. The Kier molecular flexibility index (Phi) is 3.40. The first-order valence-electron chi connectivity index (χ1n) is 8.26. The maximum Gasteiger partial charge on any atom is 0.310 e. The van der Waals surface area contributed by atoms with Crippen LogP contribution in [0.4, 0.5) is 0 Å². The van der Waals surface area contributed by atoms with E-state index in [9.17, 15) is 9.59 Å². The second-order valence-electron chi connectivity index (χ2n) is 6.77. The summed E-state index contributed by atoms with van der Waals surface area (Å²) in [5.41, 5.74) is 1.31. The Morgan fingerprint density at radius 3 is 2.77 bits per heavy atom. The molecule has 0 N–H and O–H groups in total. The third-order valence-electron chi connectivity index (χ3n) is 5.48. The molecule has 0 aromatic heterocycles. The average molecular weight is 299 g/mol. The summed E-state index contributed by atoms with van der Waals surface area (Å²) in [5, 5.41) is 0. The van der Waals surface area contributed by atoms with Gasteiger partial charge in [-0.15, -0.1) is 0 Å². The molecule has 4 heteroatoms. The number of nitrogens with zero attached hydrogens (tertiary/aromatic N) is 1. The van der Waals surface area contributed by atoms with E-state index in [0.717, 1.165) is 38.8 Å². The van der Waals surface area contributed by atoms with Crippen molar-refractivity contribution < 1.29 is 14.3 Å². The lowest BCUT2D eigenvalue weighted by molar-refractivity contribution is -0.147. The van der Waals surface area contributed by atoms with Crippen LogP contribution in [0.5, 0.6) is 0 Å². The van der Waals surface area contributed by atoms with Gasteiger partial charge in [0.25, 0.3) is 0 Å². The molecule has 22 heavy (non-hydrogen) atoms. The zero-order valence-electron chi connectivity index (χ0n) is 12.6. The molecule has 2 saturated heterocycles. The Hall–Kier alpha value is -1.84. The second-order valence-corrected chi connectivity index (χ2v) is 6.77. The van der Waals surface area contributed by atoms with Crippen LogP contribution in [0, 0.1) is 11.8 Å². The number of hydrogen-bond acceptors (Lipinski definition) is 3. The molecule has 1 aromatic carbocycles. The lowest BCUT2D eigenvalue weighted by atomic mass is 9.79. The fourth-order valence-corrected chi connectivity index (χ4v) is 4.24. The lowest BCUT2D eigenvalue weighted by Gasteiger charge is -2.28. The molecular weight excluding hydrogens is 278 g/mol. The van der Waals surface area contributed by atoms with E-state index in [4.69, 9.17) is 4.74 Å². The number of amides is 1. The summed E-state index contributed by atoms with van der Waals surface area (Å²) < 4.78 is 5.31. The number of fused-ring (bicyclic) bond motifs is 2. The predicted molar refractivity (Wildman–Crippen MR) is 81.1 cm³/mol. The van der Waals surface area contributed by atoms with E-state index >= 15 is 0 Å². The third kappa shape index (κ3) is 2.31. The van der Waals surface area contributed by atoms with Gasteiger partial charge in [-0.2, -0.15) is 0 Å². The maximum atomic E-state index is 12.8. The zero-order chi connectivity index (χ0) is 15.1. The summed E-state index contributed by atoms with van der Waals surface area (Å²) in [4.78, 5) is 26.7. The monoisotopic (exact) mass is 299 g/mol. The van der Waals surface area contributed by atoms with Gasteiger partial charge in [0, 0.05) is 19.0 Å². The summed E-state index contributed by atoms with van der Waals surface area (Å²) in [6.07, 6.45) is 3.46. The number of esters is 1. The van der Waals surface area contributed by atoms with Crippen LogP contribution in [0.2, 0.25) is 0 Å². The molecule has 1 aliphatic carbocycles. The van der Waals surface area contributed by atoms with Gasteiger partial charge in [0.15, 0.2) is 0 Å². The highest BCUT2D eigenvalue weighted by Gasteiger charge is 2.48. The van der Waals surface area contributed by atoms with Gasteiger partial charge < -0.3 is 9.64 Å². The van der Waals surface area contributed by atoms with Gasteiger partial charge in [0.2, 0.25) is 5.91 Å². The van der Waals surface area contributed by atoms with Gasteiger partial charge in [0.05, 0.1) is 11.8 Å². The number of rotatable bonds is 2. The Morgan fingerprint density at radius 2 is 1.95 bits per heavy atom. The zero-order valence-corrected chi connectivity index (χ0v) is 12.6. The van der Waals surface area contributed by atoms with E-state index in [1.165, 1.54) is 5.56 Å². The molecule has 2 heterocycles. The SMILES string of the molecule is O=C1OC2CCC(C(=O)N3CCC(c4ccccc4)C3)C1C2. The molecule has 2 bridgehead atoms. The van der Waals surface area contributed by atoms with Crippen LogP contribution in [-0.4, -0.2) is 36.0 Å². The first-order chi connectivity index (χ1) is 10.7. The van der Waals surface area contributed by atoms with Crippen LogP contribution in [0.3, 0.4) is 0 Å². The van der Waals surface area contributed by atoms with Crippen molar-refractivity contribution in [3.63, 3.8) is 0 Å². The van der Waals surface area contributed by atoms with Gasteiger partial charge >= 0.3 is 5.97 Å². The maximum absolute atomic E-state index is 12.8. The summed E-state index contributed by atoms with van der Waals surface area (Å²) in [5.74, 6) is 0.0974. The number of hydrogen-bond donors (Lipinski definition) is 0. The third-order valence-corrected chi connectivity index (χ3v) is 5.48. The van der Waals surface area contributed by atoms with Crippen molar-refractivity contribution in [2.75, 3.05) is 13.1 Å². The molecule has 1 amide bonds. The van der Waals surface area contributed by atoms with Crippen LogP contribution in [0.15, 0.2) is 30.3 Å². The topological polar surface area (TPSA) is 46.6 Å². The minimum absolute atomic E-state index is 0.0668. The van der Waals surface area contributed by atoms with E-state index in [2.05, 4.69) is 24.3 Å². The molecule has 4 nitrogen and oxygen atoms in total.